The molecule has 170 valence electrons. The van der Waals surface area contributed by atoms with Gasteiger partial charge < -0.3 is 10.1 Å². The Hall–Kier alpha value is -3.59. The van der Waals surface area contributed by atoms with E-state index in [4.69, 9.17) is 4.74 Å². The van der Waals surface area contributed by atoms with Crippen molar-refractivity contribution in [3.63, 3.8) is 0 Å². The highest BCUT2D eigenvalue weighted by Gasteiger charge is 2.13. The van der Waals surface area contributed by atoms with Crippen molar-refractivity contribution in [3.8, 4) is 17.1 Å². The number of ether oxygens (including phenoxy) is 1. The average molecular weight is 464 g/mol. The molecule has 0 fully saturated rings. The highest BCUT2D eigenvalue weighted by atomic mass is 32.2. The van der Waals surface area contributed by atoms with Gasteiger partial charge in [-0.25, -0.2) is 14.5 Å². The van der Waals surface area contributed by atoms with E-state index in [2.05, 4.69) is 32.5 Å². The zero-order valence-electron chi connectivity index (χ0n) is 18.3. The van der Waals surface area contributed by atoms with Gasteiger partial charge in [0.25, 0.3) is 5.56 Å². The number of aromatic amines is 1. The second-order valence-corrected chi connectivity index (χ2v) is 8.27. The Bertz CT molecular complexity index is 1270. The summed E-state index contributed by atoms with van der Waals surface area (Å²) in [6.45, 7) is 3.12. The predicted molar refractivity (Wildman–Crippen MR) is 129 cm³/mol. The summed E-state index contributed by atoms with van der Waals surface area (Å²) in [6.07, 6.45) is 1.78. The van der Waals surface area contributed by atoms with Crippen LogP contribution in [0.1, 0.15) is 18.9 Å². The molecule has 8 nitrogen and oxygen atoms in total. The number of carbonyl (C=O) groups is 1. The molecule has 9 heteroatoms. The van der Waals surface area contributed by atoms with Gasteiger partial charge in [-0.3, -0.25) is 14.7 Å². The smallest absolute Gasteiger partial charge is 0.266 e. The minimum atomic E-state index is -0.277. The number of hydrogen-bond donors (Lipinski definition) is 2. The zero-order valence-corrected chi connectivity index (χ0v) is 19.1. The lowest BCUT2D eigenvalue weighted by Gasteiger charge is -2.09. The molecular formula is C24H25N5O3S. The van der Waals surface area contributed by atoms with E-state index < -0.39 is 0 Å². The highest BCUT2D eigenvalue weighted by Crippen LogP contribution is 2.23. The minimum absolute atomic E-state index is 0.0862. The normalized spacial score (nSPS) is 10.9. The molecule has 0 saturated carbocycles. The van der Waals surface area contributed by atoms with Crippen molar-refractivity contribution in [2.75, 3.05) is 18.9 Å². The first-order valence-corrected chi connectivity index (χ1v) is 11.8. The number of aryl methyl sites for hydroxylation is 1. The number of hydrogen-bond acceptors (Lipinski definition) is 6. The van der Waals surface area contributed by atoms with E-state index in [0.717, 1.165) is 24.2 Å². The van der Waals surface area contributed by atoms with Gasteiger partial charge in [-0.05, 0) is 49.6 Å². The fourth-order valence-electron chi connectivity index (χ4n) is 3.32. The molecule has 2 heterocycles. The first-order valence-electron chi connectivity index (χ1n) is 10.8. The van der Waals surface area contributed by atoms with E-state index in [1.807, 2.05) is 49.4 Å². The van der Waals surface area contributed by atoms with Crippen LogP contribution in [-0.4, -0.2) is 44.4 Å². The number of thioether (sulfide) groups is 1. The molecule has 2 N–H and O–H groups in total. The SMILES string of the molecule is CCOc1ccc(-c2nc(SCC(=O)NCCCc3ccccc3)n3[nH]c(=O)cc3n2)cc1. The number of benzene rings is 2. The summed E-state index contributed by atoms with van der Waals surface area (Å²) in [5.41, 5.74) is 2.22. The molecule has 4 aromatic rings. The number of nitrogens with zero attached hydrogens (tertiary/aromatic N) is 3. The molecule has 0 unspecified atom stereocenters. The maximum atomic E-state index is 12.4. The van der Waals surface area contributed by atoms with Gasteiger partial charge in [0.2, 0.25) is 5.91 Å². The zero-order chi connectivity index (χ0) is 23.0. The number of fused-ring (bicyclic) bond motifs is 1. The molecule has 0 saturated heterocycles. The van der Waals surface area contributed by atoms with Crippen LogP contribution in [0.4, 0.5) is 0 Å². The van der Waals surface area contributed by atoms with Crippen molar-refractivity contribution in [2.24, 2.45) is 0 Å². The van der Waals surface area contributed by atoms with Gasteiger partial charge in [0, 0.05) is 18.2 Å². The van der Waals surface area contributed by atoms with Crippen molar-refractivity contribution in [1.82, 2.24) is 24.9 Å². The second-order valence-electron chi connectivity index (χ2n) is 7.33. The van der Waals surface area contributed by atoms with Gasteiger partial charge in [-0.15, -0.1) is 0 Å². The first-order chi connectivity index (χ1) is 16.1. The molecule has 2 aromatic heterocycles. The molecule has 2 aromatic carbocycles. The van der Waals surface area contributed by atoms with Crippen LogP contribution < -0.4 is 15.6 Å². The Morgan fingerprint density at radius 3 is 2.67 bits per heavy atom. The summed E-state index contributed by atoms with van der Waals surface area (Å²) in [5.74, 6) is 1.33. The van der Waals surface area contributed by atoms with Crippen LogP contribution in [0.25, 0.3) is 17.0 Å². The summed E-state index contributed by atoms with van der Waals surface area (Å²) >= 11 is 1.25. The Balaban J connectivity index is 1.41. The maximum Gasteiger partial charge on any atom is 0.266 e. The van der Waals surface area contributed by atoms with Gasteiger partial charge in [0.15, 0.2) is 16.6 Å². The van der Waals surface area contributed by atoms with Crippen molar-refractivity contribution in [2.45, 2.75) is 24.9 Å². The van der Waals surface area contributed by atoms with Gasteiger partial charge in [-0.2, -0.15) is 0 Å². The van der Waals surface area contributed by atoms with Crippen LogP contribution in [0, 0.1) is 0 Å². The van der Waals surface area contributed by atoms with E-state index in [1.165, 1.54) is 27.9 Å². The molecule has 0 spiro atoms. The molecule has 0 aliphatic rings. The predicted octanol–water partition coefficient (Wildman–Crippen LogP) is 3.32. The molecule has 4 rings (SSSR count). The van der Waals surface area contributed by atoms with Crippen LogP contribution in [0.2, 0.25) is 0 Å². The fraction of sp³-hybridized carbons (Fsp3) is 0.250. The largest absolute Gasteiger partial charge is 0.494 e. The monoisotopic (exact) mass is 463 g/mol. The number of rotatable bonds is 10. The molecular weight excluding hydrogens is 438 g/mol. The van der Waals surface area contributed by atoms with E-state index in [9.17, 15) is 9.59 Å². The quantitative estimate of drug-likeness (QED) is 0.276. The Morgan fingerprint density at radius 1 is 1.12 bits per heavy atom. The van der Waals surface area contributed by atoms with Crippen molar-refractivity contribution < 1.29 is 9.53 Å². The highest BCUT2D eigenvalue weighted by molar-refractivity contribution is 7.99. The van der Waals surface area contributed by atoms with Crippen LogP contribution in [0.3, 0.4) is 0 Å². The number of carbonyl (C=O) groups excluding carboxylic acids is 1. The molecule has 33 heavy (non-hydrogen) atoms. The third kappa shape index (κ3) is 6.01. The minimum Gasteiger partial charge on any atom is -0.494 e. The molecule has 0 aliphatic carbocycles. The summed E-state index contributed by atoms with van der Waals surface area (Å²) in [7, 11) is 0. The van der Waals surface area contributed by atoms with E-state index in [1.54, 1.807) is 0 Å². The second kappa shape index (κ2) is 10.8. The van der Waals surface area contributed by atoms with Crippen LogP contribution >= 0.6 is 11.8 Å². The Morgan fingerprint density at radius 2 is 1.91 bits per heavy atom. The van der Waals surface area contributed by atoms with Crippen molar-refractivity contribution in [3.05, 3.63) is 76.6 Å². The van der Waals surface area contributed by atoms with Crippen LogP contribution in [0.15, 0.2) is 70.6 Å². The van der Waals surface area contributed by atoms with E-state index in [0.29, 0.717) is 29.8 Å². The maximum absolute atomic E-state index is 12.4. The van der Waals surface area contributed by atoms with Gasteiger partial charge in [-0.1, -0.05) is 42.1 Å². The standard InChI is InChI=1S/C24H25N5O3S/c1-2-32-19-12-10-18(11-13-19)23-26-20-15-21(30)28-29(20)24(27-23)33-16-22(31)25-14-6-9-17-7-4-3-5-8-17/h3-5,7-8,10-13,15H,2,6,9,14,16H2,1H3,(H,25,31)(H,28,30). The lowest BCUT2D eigenvalue weighted by Crippen LogP contribution is -2.26. The molecule has 0 atom stereocenters. The first kappa shape index (κ1) is 22.6. The summed E-state index contributed by atoms with van der Waals surface area (Å²) in [4.78, 5) is 33.3. The lowest BCUT2D eigenvalue weighted by molar-refractivity contribution is -0.118. The van der Waals surface area contributed by atoms with Gasteiger partial charge >= 0.3 is 0 Å². The molecule has 1 amide bonds. The topological polar surface area (TPSA) is 101 Å². The fourth-order valence-corrected chi connectivity index (χ4v) is 4.10. The Kier molecular flexibility index (Phi) is 7.41. The van der Waals surface area contributed by atoms with Gasteiger partial charge in [0.05, 0.1) is 12.4 Å². The van der Waals surface area contributed by atoms with E-state index in [-0.39, 0.29) is 17.2 Å². The third-order valence-corrected chi connectivity index (χ3v) is 5.83. The van der Waals surface area contributed by atoms with Gasteiger partial charge in [0.1, 0.15) is 5.75 Å². The van der Waals surface area contributed by atoms with Crippen LogP contribution in [0.5, 0.6) is 5.75 Å². The molecule has 0 aliphatic heterocycles. The summed E-state index contributed by atoms with van der Waals surface area (Å²) in [5, 5.41) is 6.12. The van der Waals surface area contributed by atoms with Crippen molar-refractivity contribution >= 4 is 23.3 Å². The Labute approximate surface area is 195 Å². The van der Waals surface area contributed by atoms with Crippen LogP contribution in [-0.2, 0) is 11.2 Å². The third-order valence-electron chi connectivity index (χ3n) is 4.89. The summed E-state index contributed by atoms with van der Waals surface area (Å²) < 4.78 is 6.99. The number of nitrogens with one attached hydrogen (secondary N) is 2. The number of amides is 1. The lowest BCUT2D eigenvalue weighted by atomic mass is 10.1. The molecule has 0 bridgehead atoms. The molecule has 0 radical (unpaired) electrons. The van der Waals surface area contributed by atoms with E-state index >= 15 is 0 Å². The number of H-pyrrole nitrogens is 1. The van der Waals surface area contributed by atoms with Crippen molar-refractivity contribution in [1.29, 1.82) is 0 Å². The number of aromatic nitrogens is 4. The summed E-state index contributed by atoms with van der Waals surface area (Å²) in [6, 6.07) is 19.0. The average Bonchev–Trinajstić information content (AvgIpc) is 3.22.